The van der Waals surface area contributed by atoms with E-state index in [-0.39, 0.29) is 26.3 Å². The van der Waals surface area contributed by atoms with Crippen molar-refractivity contribution in [3.8, 4) is 0 Å². The molecule has 1 aliphatic rings. The lowest BCUT2D eigenvalue weighted by Gasteiger charge is -2.32. The minimum absolute atomic E-state index is 0.0277. The van der Waals surface area contributed by atoms with E-state index in [2.05, 4.69) is 0 Å². The van der Waals surface area contributed by atoms with Gasteiger partial charge in [-0.05, 0) is 0 Å². The van der Waals surface area contributed by atoms with Gasteiger partial charge in [0.05, 0.1) is 29.8 Å². The predicted molar refractivity (Wildman–Crippen MR) is 65.7 cm³/mol. The molecule has 1 amide bonds. The van der Waals surface area contributed by atoms with Crippen LogP contribution in [0.1, 0.15) is 10.4 Å². The molecule has 1 fully saturated rings. The standard InChI is InChI=1S/C12H12F2N2O5/c13-9-4-10(14)11(16(19)20)3-8(9)12(18)15-1-2-21-7(5-15)6-17/h3-4,7,17H,1-2,5-6H2. The number of ether oxygens (including phenoxy) is 1. The van der Waals surface area contributed by atoms with Crippen LogP contribution < -0.4 is 0 Å². The van der Waals surface area contributed by atoms with Gasteiger partial charge in [-0.1, -0.05) is 0 Å². The third-order valence-electron chi connectivity index (χ3n) is 3.09. The van der Waals surface area contributed by atoms with Gasteiger partial charge in [0.2, 0.25) is 5.82 Å². The smallest absolute Gasteiger partial charge is 0.305 e. The lowest BCUT2D eigenvalue weighted by molar-refractivity contribution is -0.387. The molecule has 1 N–H and O–H groups in total. The first-order chi connectivity index (χ1) is 9.93. The van der Waals surface area contributed by atoms with Crippen molar-refractivity contribution in [3.05, 3.63) is 39.4 Å². The van der Waals surface area contributed by atoms with E-state index in [0.29, 0.717) is 12.1 Å². The van der Waals surface area contributed by atoms with Crippen LogP contribution in [0.3, 0.4) is 0 Å². The minimum Gasteiger partial charge on any atom is -0.394 e. The SMILES string of the molecule is O=C(c1cc([N+](=O)[O-])c(F)cc1F)N1CCOC(CO)C1. The lowest BCUT2D eigenvalue weighted by Crippen LogP contribution is -2.47. The Balaban J connectivity index is 2.30. The Morgan fingerprint density at radius 3 is 2.81 bits per heavy atom. The van der Waals surface area contributed by atoms with Crippen molar-refractivity contribution < 1.29 is 28.3 Å². The summed E-state index contributed by atoms with van der Waals surface area (Å²) in [5.74, 6) is -3.32. The maximum atomic E-state index is 13.7. The Labute approximate surface area is 117 Å². The normalized spacial score (nSPS) is 18.6. The molecule has 1 saturated heterocycles. The first-order valence-corrected chi connectivity index (χ1v) is 6.09. The van der Waals surface area contributed by atoms with Crippen LogP contribution in [0.4, 0.5) is 14.5 Å². The highest BCUT2D eigenvalue weighted by Crippen LogP contribution is 2.23. The lowest BCUT2D eigenvalue weighted by atomic mass is 10.1. The summed E-state index contributed by atoms with van der Waals surface area (Å²) >= 11 is 0. The summed E-state index contributed by atoms with van der Waals surface area (Å²) in [6.07, 6.45) is -0.596. The van der Waals surface area contributed by atoms with Crippen molar-refractivity contribution in [2.24, 2.45) is 0 Å². The second-order valence-electron chi connectivity index (χ2n) is 4.47. The number of nitro benzene ring substituents is 1. The fourth-order valence-electron chi connectivity index (χ4n) is 2.03. The molecule has 7 nitrogen and oxygen atoms in total. The first kappa shape index (κ1) is 15.3. The number of aliphatic hydroxyl groups is 1. The monoisotopic (exact) mass is 302 g/mol. The summed E-state index contributed by atoms with van der Waals surface area (Å²) in [6, 6.07) is 0.895. The summed E-state index contributed by atoms with van der Waals surface area (Å²) < 4.78 is 32.1. The van der Waals surface area contributed by atoms with Crippen LogP contribution in [0, 0.1) is 21.7 Å². The molecule has 1 aromatic rings. The van der Waals surface area contributed by atoms with Gasteiger partial charge in [0.25, 0.3) is 5.91 Å². The fraction of sp³-hybridized carbons (Fsp3) is 0.417. The van der Waals surface area contributed by atoms with Gasteiger partial charge in [-0.3, -0.25) is 14.9 Å². The molecule has 1 unspecified atom stereocenters. The van der Waals surface area contributed by atoms with Crippen molar-refractivity contribution in [3.63, 3.8) is 0 Å². The summed E-state index contributed by atoms with van der Waals surface area (Å²) in [5.41, 5.74) is -1.55. The third-order valence-corrected chi connectivity index (χ3v) is 3.09. The fourth-order valence-corrected chi connectivity index (χ4v) is 2.03. The van der Waals surface area contributed by atoms with Gasteiger partial charge in [0, 0.05) is 25.2 Å². The number of hydrogen-bond acceptors (Lipinski definition) is 5. The van der Waals surface area contributed by atoms with Crippen LogP contribution in [0.2, 0.25) is 0 Å². The number of benzene rings is 1. The zero-order valence-corrected chi connectivity index (χ0v) is 10.8. The molecular weight excluding hydrogens is 290 g/mol. The summed E-state index contributed by atoms with van der Waals surface area (Å²) in [6.45, 7) is 0.0254. The van der Waals surface area contributed by atoms with Gasteiger partial charge in [-0.25, -0.2) is 4.39 Å². The van der Waals surface area contributed by atoms with Crippen molar-refractivity contribution in [2.45, 2.75) is 6.10 Å². The molecule has 1 aliphatic heterocycles. The molecule has 1 atom stereocenters. The average molecular weight is 302 g/mol. The topological polar surface area (TPSA) is 92.9 Å². The van der Waals surface area contributed by atoms with Crippen molar-refractivity contribution in [2.75, 3.05) is 26.3 Å². The van der Waals surface area contributed by atoms with E-state index in [9.17, 15) is 23.7 Å². The van der Waals surface area contributed by atoms with Crippen LogP contribution in [0.15, 0.2) is 12.1 Å². The molecule has 9 heteroatoms. The van der Waals surface area contributed by atoms with Gasteiger partial charge in [0.15, 0.2) is 0 Å². The van der Waals surface area contributed by atoms with Crippen LogP contribution in [-0.2, 0) is 4.74 Å². The number of nitrogens with zero attached hydrogens (tertiary/aromatic N) is 2. The van der Waals surface area contributed by atoms with Crippen LogP contribution in [0.5, 0.6) is 0 Å². The molecule has 21 heavy (non-hydrogen) atoms. The third kappa shape index (κ3) is 3.14. The molecular formula is C12H12F2N2O5. The number of carbonyl (C=O) groups is 1. The van der Waals surface area contributed by atoms with Gasteiger partial charge < -0.3 is 14.7 Å². The second kappa shape index (κ2) is 6.10. The van der Waals surface area contributed by atoms with Crippen molar-refractivity contribution in [1.29, 1.82) is 0 Å². The van der Waals surface area contributed by atoms with Gasteiger partial charge >= 0.3 is 5.69 Å². The second-order valence-corrected chi connectivity index (χ2v) is 4.47. The number of morpholine rings is 1. The number of rotatable bonds is 3. The Morgan fingerprint density at radius 1 is 1.48 bits per heavy atom. The highest BCUT2D eigenvalue weighted by Gasteiger charge is 2.29. The molecule has 0 bridgehead atoms. The van der Waals surface area contributed by atoms with E-state index in [0.717, 1.165) is 0 Å². The van der Waals surface area contributed by atoms with E-state index < -0.39 is 39.8 Å². The number of carbonyl (C=O) groups excluding carboxylic acids is 1. The zero-order chi connectivity index (χ0) is 15.6. The molecule has 0 saturated carbocycles. The van der Waals surface area contributed by atoms with Crippen LogP contribution >= 0.6 is 0 Å². The molecule has 1 heterocycles. The number of nitro groups is 1. The highest BCUT2D eigenvalue weighted by molar-refractivity contribution is 5.95. The molecule has 2 rings (SSSR count). The summed E-state index contributed by atoms with van der Waals surface area (Å²) in [5, 5.41) is 19.6. The predicted octanol–water partition coefficient (Wildman–Crippen LogP) is 0.706. The molecule has 0 aromatic heterocycles. The maximum Gasteiger partial charge on any atom is 0.305 e. The molecule has 0 aliphatic carbocycles. The van der Waals surface area contributed by atoms with E-state index in [1.54, 1.807) is 0 Å². The zero-order valence-electron chi connectivity index (χ0n) is 10.8. The number of halogens is 2. The van der Waals surface area contributed by atoms with Gasteiger partial charge in [-0.15, -0.1) is 0 Å². The largest absolute Gasteiger partial charge is 0.394 e. The molecule has 114 valence electrons. The first-order valence-electron chi connectivity index (χ1n) is 6.09. The number of amides is 1. The maximum absolute atomic E-state index is 13.7. The Kier molecular flexibility index (Phi) is 4.43. The molecule has 0 radical (unpaired) electrons. The van der Waals surface area contributed by atoms with Gasteiger partial charge in [-0.2, -0.15) is 4.39 Å². The quantitative estimate of drug-likeness (QED) is 0.655. The Morgan fingerprint density at radius 2 is 2.19 bits per heavy atom. The van der Waals surface area contributed by atoms with Crippen molar-refractivity contribution in [1.82, 2.24) is 4.90 Å². The molecule has 0 spiro atoms. The van der Waals surface area contributed by atoms with Crippen molar-refractivity contribution >= 4 is 11.6 Å². The summed E-state index contributed by atoms with van der Waals surface area (Å²) in [7, 11) is 0. The van der Waals surface area contributed by atoms with Crippen LogP contribution in [0.25, 0.3) is 0 Å². The van der Waals surface area contributed by atoms with Crippen LogP contribution in [-0.4, -0.2) is 53.2 Å². The van der Waals surface area contributed by atoms with E-state index in [1.807, 2.05) is 0 Å². The highest BCUT2D eigenvalue weighted by atomic mass is 19.1. The number of hydrogen-bond donors (Lipinski definition) is 1. The van der Waals surface area contributed by atoms with E-state index in [1.165, 1.54) is 4.90 Å². The molecule has 1 aromatic carbocycles. The van der Waals surface area contributed by atoms with E-state index in [4.69, 9.17) is 9.84 Å². The Hall–Kier alpha value is -2.13. The Bertz CT molecular complexity index is 581. The number of aliphatic hydroxyl groups excluding tert-OH is 1. The minimum atomic E-state index is -1.34. The average Bonchev–Trinajstić information content (AvgIpc) is 2.46. The van der Waals surface area contributed by atoms with E-state index >= 15 is 0 Å². The summed E-state index contributed by atoms with van der Waals surface area (Å²) in [4.78, 5) is 23.0. The van der Waals surface area contributed by atoms with Gasteiger partial charge in [0.1, 0.15) is 5.82 Å².